The minimum Gasteiger partial charge on any atom is -0.496 e. The number of hydrogen-bond donors (Lipinski definition) is 2. The third kappa shape index (κ3) is 3.24. The lowest BCUT2D eigenvalue weighted by molar-refractivity contribution is 0.407. The first-order valence-electron chi connectivity index (χ1n) is 6.51. The molecule has 1 unspecified atom stereocenters. The van der Waals surface area contributed by atoms with E-state index in [4.69, 9.17) is 22.1 Å². The highest BCUT2D eigenvalue weighted by Gasteiger charge is 2.18. The summed E-state index contributed by atoms with van der Waals surface area (Å²) in [5.74, 6) is 0.743. The fraction of sp³-hybridized carbons (Fsp3) is 0.250. The van der Waals surface area contributed by atoms with Crippen LogP contribution in [0.3, 0.4) is 0 Å². The van der Waals surface area contributed by atoms with Crippen molar-refractivity contribution in [3.05, 3.63) is 58.6 Å². The maximum absolute atomic E-state index is 6.30. The molecule has 0 radical (unpaired) electrons. The van der Waals surface area contributed by atoms with Gasteiger partial charge < -0.3 is 15.8 Å². The van der Waals surface area contributed by atoms with Gasteiger partial charge in [0.25, 0.3) is 0 Å². The minimum absolute atomic E-state index is 0.0960. The van der Waals surface area contributed by atoms with E-state index in [9.17, 15) is 0 Å². The molecule has 0 saturated heterocycles. The Morgan fingerprint density at radius 1 is 1.20 bits per heavy atom. The van der Waals surface area contributed by atoms with Crippen molar-refractivity contribution in [3.8, 4) is 5.75 Å². The van der Waals surface area contributed by atoms with Crippen molar-refractivity contribution in [2.24, 2.45) is 5.73 Å². The molecular formula is C16H19ClN2O. The summed E-state index contributed by atoms with van der Waals surface area (Å²) in [7, 11) is 1.63. The second kappa shape index (κ2) is 6.64. The van der Waals surface area contributed by atoms with Gasteiger partial charge >= 0.3 is 0 Å². The highest BCUT2D eigenvalue weighted by atomic mass is 35.5. The zero-order valence-corrected chi connectivity index (χ0v) is 12.4. The maximum Gasteiger partial charge on any atom is 0.125 e. The van der Waals surface area contributed by atoms with Gasteiger partial charge in [-0.1, -0.05) is 35.4 Å². The van der Waals surface area contributed by atoms with Crippen LogP contribution in [0.4, 0.5) is 5.69 Å². The lowest BCUT2D eigenvalue weighted by Gasteiger charge is -2.22. The van der Waals surface area contributed by atoms with Crippen molar-refractivity contribution in [2.75, 3.05) is 19.0 Å². The molecule has 3 N–H and O–H groups in total. The summed E-state index contributed by atoms with van der Waals surface area (Å²) in [4.78, 5) is 0. The SMILES string of the molecule is COc1cccc(Cl)c1C(CN)Nc1ccc(C)cc1. The Morgan fingerprint density at radius 3 is 2.50 bits per heavy atom. The molecule has 106 valence electrons. The molecule has 0 aromatic heterocycles. The Balaban J connectivity index is 2.31. The Kier molecular flexibility index (Phi) is 4.88. The van der Waals surface area contributed by atoms with Crippen LogP contribution in [0.15, 0.2) is 42.5 Å². The number of nitrogens with two attached hydrogens (primary N) is 1. The summed E-state index contributed by atoms with van der Waals surface area (Å²) >= 11 is 6.30. The van der Waals surface area contributed by atoms with Gasteiger partial charge in [0.15, 0.2) is 0 Å². The molecule has 0 aliphatic heterocycles. The lowest BCUT2D eigenvalue weighted by atomic mass is 10.0. The van der Waals surface area contributed by atoms with Gasteiger partial charge in [0, 0.05) is 22.8 Å². The number of rotatable bonds is 5. The summed E-state index contributed by atoms with van der Waals surface area (Å²) in [6.07, 6.45) is 0. The molecule has 0 fully saturated rings. The topological polar surface area (TPSA) is 47.3 Å². The van der Waals surface area contributed by atoms with E-state index in [1.807, 2.05) is 30.3 Å². The molecule has 4 heteroatoms. The largest absolute Gasteiger partial charge is 0.496 e. The number of methoxy groups -OCH3 is 1. The molecule has 3 nitrogen and oxygen atoms in total. The monoisotopic (exact) mass is 290 g/mol. The molecule has 20 heavy (non-hydrogen) atoms. The summed E-state index contributed by atoms with van der Waals surface area (Å²) in [5.41, 5.74) is 9.01. The molecular weight excluding hydrogens is 272 g/mol. The Labute approximate surface area is 124 Å². The van der Waals surface area contributed by atoms with E-state index in [0.717, 1.165) is 17.0 Å². The first kappa shape index (κ1) is 14.7. The normalized spacial score (nSPS) is 12.0. The molecule has 0 bridgehead atoms. The van der Waals surface area contributed by atoms with Crippen molar-refractivity contribution in [1.82, 2.24) is 0 Å². The van der Waals surface area contributed by atoms with Gasteiger partial charge in [0.1, 0.15) is 5.75 Å². The second-order valence-corrected chi connectivity index (χ2v) is 5.06. The number of anilines is 1. The highest BCUT2D eigenvalue weighted by Crippen LogP contribution is 2.33. The van der Waals surface area contributed by atoms with E-state index in [-0.39, 0.29) is 6.04 Å². The quantitative estimate of drug-likeness (QED) is 0.881. The molecule has 0 amide bonds. The fourth-order valence-electron chi connectivity index (χ4n) is 2.13. The van der Waals surface area contributed by atoms with Gasteiger partial charge in [-0.15, -0.1) is 0 Å². The summed E-state index contributed by atoms with van der Waals surface area (Å²) < 4.78 is 5.39. The molecule has 2 aromatic rings. The molecule has 1 atom stereocenters. The number of hydrogen-bond acceptors (Lipinski definition) is 3. The number of halogens is 1. The van der Waals surface area contributed by atoms with E-state index in [1.54, 1.807) is 7.11 Å². The van der Waals surface area contributed by atoms with Crippen LogP contribution in [-0.2, 0) is 0 Å². The van der Waals surface area contributed by atoms with Crippen LogP contribution in [0.25, 0.3) is 0 Å². The van der Waals surface area contributed by atoms with Gasteiger partial charge in [-0.05, 0) is 31.2 Å². The number of ether oxygens (including phenoxy) is 1. The summed E-state index contributed by atoms with van der Waals surface area (Å²) in [6.45, 7) is 2.48. The molecule has 0 aliphatic rings. The molecule has 0 heterocycles. The number of nitrogens with one attached hydrogen (secondary N) is 1. The first-order chi connectivity index (χ1) is 9.65. The van der Waals surface area contributed by atoms with E-state index in [0.29, 0.717) is 11.6 Å². The van der Waals surface area contributed by atoms with Gasteiger partial charge in [0.2, 0.25) is 0 Å². The van der Waals surface area contributed by atoms with E-state index in [1.165, 1.54) is 5.56 Å². The van der Waals surface area contributed by atoms with Crippen LogP contribution < -0.4 is 15.8 Å². The lowest BCUT2D eigenvalue weighted by Crippen LogP contribution is -2.21. The molecule has 2 aromatic carbocycles. The average molecular weight is 291 g/mol. The van der Waals surface area contributed by atoms with E-state index < -0.39 is 0 Å². The predicted octanol–water partition coefficient (Wildman–Crippen LogP) is 3.77. The number of aryl methyl sites for hydroxylation is 1. The summed E-state index contributed by atoms with van der Waals surface area (Å²) in [6, 6.07) is 13.7. The van der Waals surface area contributed by atoms with Crippen molar-refractivity contribution in [3.63, 3.8) is 0 Å². The van der Waals surface area contributed by atoms with Crippen LogP contribution in [0.2, 0.25) is 5.02 Å². The predicted molar refractivity (Wildman–Crippen MR) is 84.6 cm³/mol. The van der Waals surface area contributed by atoms with Crippen LogP contribution in [0, 0.1) is 6.92 Å². The molecule has 0 spiro atoms. The zero-order chi connectivity index (χ0) is 14.5. The van der Waals surface area contributed by atoms with Gasteiger partial charge in [-0.3, -0.25) is 0 Å². The van der Waals surface area contributed by atoms with Gasteiger partial charge in [-0.25, -0.2) is 0 Å². The third-order valence-corrected chi connectivity index (χ3v) is 3.54. The van der Waals surface area contributed by atoms with Gasteiger partial charge in [0.05, 0.1) is 13.2 Å². The Hall–Kier alpha value is -1.71. The fourth-order valence-corrected chi connectivity index (χ4v) is 2.43. The first-order valence-corrected chi connectivity index (χ1v) is 6.89. The summed E-state index contributed by atoms with van der Waals surface area (Å²) in [5, 5.41) is 4.05. The minimum atomic E-state index is -0.0960. The van der Waals surface area contributed by atoms with Crippen LogP contribution in [0.5, 0.6) is 5.75 Å². The van der Waals surface area contributed by atoms with Crippen molar-refractivity contribution >= 4 is 17.3 Å². The molecule has 2 rings (SSSR count). The highest BCUT2D eigenvalue weighted by molar-refractivity contribution is 6.31. The van der Waals surface area contributed by atoms with Crippen molar-refractivity contribution in [2.45, 2.75) is 13.0 Å². The Morgan fingerprint density at radius 2 is 1.90 bits per heavy atom. The molecule has 0 aliphatic carbocycles. The maximum atomic E-state index is 6.30. The zero-order valence-electron chi connectivity index (χ0n) is 11.7. The van der Waals surface area contributed by atoms with Gasteiger partial charge in [-0.2, -0.15) is 0 Å². The third-order valence-electron chi connectivity index (χ3n) is 3.21. The smallest absolute Gasteiger partial charge is 0.125 e. The second-order valence-electron chi connectivity index (χ2n) is 4.65. The molecule has 0 saturated carbocycles. The van der Waals surface area contributed by atoms with E-state index in [2.05, 4.69) is 24.4 Å². The standard InChI is InChI=1S/C16H19ClN2O/c1-11-6-8-12(9-7-11)19-14(10-18)16-13(17)4-3-5-15(16)20-2/h3-9,14,19H,10,18H2,1-2H3. The van der Waals surface area contributed by atoms with Crippen molar-refractivity contribution in [1.29, 1.82) is 0 Å². The van der Waals surface area contributed by atoms with Crippen LogP contribution in [-0.4, -0.2) is 13.7 Å². The van der Waals surface area contributed by atoms with E-state index >= 15 is 0 Å². The van der Waals surface area contributed by atoms with Crippen LogP contribution >= 0.6 is 11.6 Å². The van der Waals surface area contributed by atoms with Crippen molar-refractivity contribution < 1.29 is 4.74 Å². The number of benzene rings is 2. The average Bonchev–Trinajstić information content (AvgIpc) is 2.47. The van der Waals surface area contributed by atoms with Crippen LogP contribution in [0.1, 0.15) is 17.2 Å². The Bertz CT molecular complexity index is 569.